The maximum atomic E-state index is 12.5. The van der Waals surface area contributed by atoms with Crippen LogP contribution in [0.3, 0.4) is 0 Å². The van der Waals surface area contributed by atoms with Gasteiger partial charge in [-0.25, -0.2) is 0 Å². The molecule has 1 aliphatic carbocycles. The minimum Gasteiger partial charge on any atom is -0.490 e. The zero-order valence-corrected chi connectivity index (χ0v) is 18.8. The van der Waals surface area contributed by atoms with Gasteiger partial charge in [0.25, 0.3) is 5.91 Å². The molecule has 5 nitrogen and oxygen atoms in total. The fourth-order valence-electron chi connectivity index (χ4n) is 5.97. The van der Waals surface area contributed by atoms with Crippen LogP contribution < -0.4 is 15.8 Å². The molecule has 0 spiro atoms. The van der Waals surface area contributed by atoms with Crippen molar-refractivity contribution in [2.24, 2.45) is 5.92 Å². The van der Waals surface area contributed by atoms with Crippen molar-refractivity contribution >= 4 is 17.3 Å². The summed E-state index contributed by atoms with van der Waals surface area (Å²) in [5.74, 6) is 1.60. The van der Waals surface area contributed by atoms with E-state index in [1.54, 1.807) is 12.1 Å². The van der Waals surface area contributed by atoms with E-state index in [-0.39, 0.29) is 12.0 Å². The first-order chi connectivity index (χ1) is 15.7. The van der Waals surface area contributed by atoms with E-state index in [9.17, 15) is 4.79 Å². The molecule has 0 radical (unpaired) electrons. The minimum absolute atomic E-state index is 0.163. The number of nitrogens with two attached hydrogens (primary N) is 1. The smallest absolute Gasteiger partial charge is 0.255 e. The number of hydrogen-bond donors (Lipinski definition) is 2. The second kappa shape index (κ2) is 9.53. The number of nitrogens with one attached hydrogen (secondary N) is 1. The maximum absolute atomic E-state index is 12.5. The normalized spacial score (nSPS) is 26.1. The molecule has 2 atom stereocenters. The van der Waals surface area contributed by atoms with Gasteiger partial charge in [-0.05, 0) is 80.8 Å². The predicted octanol–water partition coefficient (Wildman–Crippen LogP) is 5.48. The van der Waals surface area contributed by atoms with Crippen LogP contribution in [0.2, 0.25) is 0 Å². The fourth-order valence-corrected chi connectivity index (χ4v) is 5.97. The topological polar surface area (TPSA) is 67.6 Å². The Labute approximate surface area is 191 Å². The van der Waals surface area contributed by atoms with Gasteiger partial charge >= 0.3 is 0 Å². The number of ether oxygens (including phenoxy) is 1. The van der Waals surface area contributed by atoms with Crippen LogP contribution in [0, 0.1) is 5.92 Å². The highest BCUT2D eigenvalue weighted by Crippen LogP contribution is 2.39. The number of carbonyl (C=O) groups excluding carboxylic acids is 1. The van der Waals surface area contributed by atoms with Gasteiger partial charge in [0.15, 0.2) is 0 Å². The molecular weight excluding hydrogens is 398 g/mol. The van der Waals surface area contributed by atoms with E-state index in [0.29, 0.717) is 29.0 Å². The van der Waals surface area contributed by atoms with Gasteiger partial charge in [-0.15, -0.1) is 0 Å². The molecule has 0 aromatic heterocycles. The van der Waals surface area contributed by atoms with E-state index >= 15 is 0 Å². The summed E-state index contributed by atoms with van der Waals surface area (Å²) in [4.78, 5) is 15.4. The number of para-hydroxylation sites is 2. The van der Waals surface area contributed by atoms with Crippen LogP contribution in [0.15, 0.2) is 48.5 Å². The van der Waals surface area contributed by atoms with Gasteiger partial charge in [0.1, 0.15) is 11.9 Å². The van der Waals surface area contributed by atoms with Crippen LogP contribution in [-0.2, 0) is 0 Å². The third-order valence-corrected chi connectivity index (χ3v) is 7.66. The second-order valence-corrected chi connectivity index (χ2v) is 9.86. The highest BCUT2D eigenvalue weighted by Gasteiger charge is 2.42. The first-order valence-corrected chi connectivity index (χ1v) is 12.3. The molecule has 2 aliphatic heterocycles. The molecule has 3 N–H and O–H groups in total. The van der Waals surface area contributed by atoms with Crippen molar-refractivity contribution in [1.82, 2.24) is 4.90 Å². The van der Waals surface area contributed by atoms with Gasteiger partial charge in [0.05, 0.1) is 11.4 Å². The lowest BCUT2D eigenvalue weighted by Gasteiger charge is -2.41. The van der Waals surface area contributed by atoms with Crippen molar-refractivity contribution in [1.29, 1.82) is 0 Å². The summed E-state index contributed by atoms with van der Waals surface area (Å²) >= 11 is 0. The number of amides is 1. The number of nitrogens with zero attached hydrogens (tertiary/aromatic N) is 1. The highest BCUT2D eigenvalue weighted by atomic mass is 16.5. The van der Waals surface area contributed by atoms with E-state index in [1.165, 1.54) is 51.5 Å². The maximum Gasteiger partial charge on any atom is 0.255 e. The third kappa shape index (κ3) is 4.78. The Hall–Kier alpha value is -2.53. The average Bonchev–Trinajstić information content (AvgIpc) is 3.04. The van der Waals surface area contributed by atoms with Crippen molar-refractivity contribution in [3.05, 3.63) is 54.1 Å². The Morgan fingerprint density at radius 3 is 2.31 bits per heavy atom. The minimum atomic E-state index is -0.163. The van der Waals surface area contributed by atoms with Gasteiger partial charge in [0.2, 0.25) is 0 Å². The summed E-state index contributed by atoms with van der Waals surface area (Å²) < 4.78 is 6.37. The van der Waals surface area contributed by atoms with Crippen molar-refractivity contribution < 1.29 is 9.53 Å². The number of hydrogen-bond acceptors (Lipinski definition) is 4. The number of rotatable bonds is 6. The molecule has 5 rings (SSSR count). The molecular formula is C27H35N3O2. The zero-order chi connectivity index (χ0) is 21.9. The van der Waals surface area contributed by atoms with Crippen LogP contribution in [0.5, 0.6) is 5.75 Å². The average molecular weight is 434 g/mol. The molecule has 1 amide bonds. The monoisotopic (exact) mass is 433 g/mol. The fraction of sp³-hybridized carbons (Fsp3) is 0.519. The summed E-state index contributed by atoms with van der Waals surface area (Å²) in [5, 5.41) is 2.88. The van der Waals surface area contributed by atoms with Gasteiger partial charge in [-0.2, -0.15) is 0 Å². The van der Waals surface area contributed by atoms with Crippen LogP contribution in [-0.4, -0.2) is 35.5 Å². The highest BCUT2D eigenvalue weighted by molar-refractivity contribution is 6.05. The zero-order valence-electron chi connectivity index (χ0n) is 18.8. The number of benzene rings is 2. The largest absolute Gasteiger partial charge is 0.490 e. The van der Waals surface area contributed by atoms with Gasteiger partial charge < -0.3 is 15.8 Å². The molecule has 2 unspecified atom stereocenters. The molecule has 1 saturated carbocycles. The van der Waals surface area contributed by atoms with E-state index in [1.807, 2.05) is 36.4 Å². The first kappa shape index (κ1) is 21.3. The molecule has 2 heterocycles. The Balaban J connectivity index is 1.15. The first-order valence-electron chi connectivity index (χ1n) is 12.3. The SMILES string of the molecule is Nc1ccccc1NC(=O)c1ccc(OC2CC3CCC(C2)N3CC2CCCCC2)cc1. The second-order valence-electron chi connectivity index (χ2n) is 9.86. The quantitative estimate of drug-likeness (QED) is 0.592. The summed E-state index contributed by atoms with van der Waals surface area (Å²) in [6.45, 7) is 1.30. The van der Waals surface area contributed by atoms with E-state index < -0.39 is 0 Å². The number of anilines is 2. The number of carbonyl (C=O) groups is 1. The lowest BCUT2D eigenvalue weighted by molar-refractivity contribution is 0.0356. The summed E-state index contributed by atoms with van der Waals surface area (Å²) in [5.41, 5.74) is 7.72. The molecule has 170 valence electrons. The summed E-state index contributed by atoms with van der Waals surface area (Å²) in [6, 6.07) is 16.1. The van der Waals surface area contributed by atoms with Crippen molar-refractivity contribution in [3.63, 3.8) is 0 Å². The molecule has 3 aliphatic rings. The third-order valence-electron chi connectivity index (χ3n) is 7.66. The van der Waals surface area contributed by atoms with Crippen molar-refractivity contribution in [2.45, 2.75) is 76.0 Å². The van der Waals surface area contributed by atoms with E-state index in [4.69, 9.17) is 10.5 Å². The summed E-state index contributed by atoms with van der Waals surface area (Å²) in [6.07, 6.45) is 12.3. The molecule has 2 saturated heterocycles. The van der Waals surface area contributed by atoms with Crippen LogP contribution in [0.25, 0.3) is 0 Å². The van der Waals surface area contributed by atoms with Gasteiger partial charge in [0, 0.05) is 24.2 Å². The molecule has 5 heteroatoms. The standard InChI is InChI=1S/C27H35N3O2/c28-25-8-4-5-9-26(25)29-27(31)20-10-14-23(15-11-20)32-24-16-21-12-13-22(17-24)30(21)18-19-6-2-1-3-7-19/h4-5,8-11,14-15,19,21-22,24H,1-3,6-7,12-13,16-18,28H2,(H,29,31). The van der Waals surface area contributed by atoms with Crippen LogP contribution >= 0.6 is 0 Å². The lowest BCUT2D eigenvalue weighted by Crippen LogP contribution is -2.48. The molecule has 32 heavy (non-hydrogen) atoms. The molecule has 3 fully saturated rings. The number of nitrogen functional groups attached to an aromatic ring is 1. The number of piperidine rings is 1. The Morgan fingerprint density at radius 1 is 0.938 bits per heavy atom. The van der Waals surface area contributed by atoms with Crippen molar-refractivity contribution in [2.75, 3.05) is 17.6 Å². The van der Waals surface area contributed by atoms with Gasteiger partial charge in [-0.1, -0.05) is 31.4 Å². The molecule has 2 bridgehead atoms. The Kier molecular flexibility index (Phi) is 6.35. The molecule has 2 aromatic carbocycles. The molecule has 2 aromatic rings. The predicted molar refractivity (Wildman–Crippen MR) is 129 cm³/mol. The van der Waals surface area contributed by atoms with Crippen LogP contribution in [0.1, 0.15) is 68.1 Å². The van der Waals surface area contributed by atoms with E-state index in [0.717, 1.165) is 24.5 Å². The lowest BCUT2D eigenvalue weighted by atomic mass is 9.87. The van der Waals surface area contributed by atoms with Gasteiger partial charge in [-0.3, -0.25) is 9.69 Å². The Bertz CT molecular complexity index is 909. The van der Waals surface area contributed by atoms with Crippen LogP contribution in [0.4, 0.5) is 11.4 Å². The Morgan fingerprint density at radius 2 is 1.62 bits per heavy atom. The number of fused-ring (bicyclic) bond motifs is 2. The van der Waals surface area contributed by atoms with E-state index in [2.05, 4.69) is 10.2 Å². The summed E-state index contributed by atoms with van der Waals surface area (Å²) in [7, 11) is 0. The van der Waals surface area contributed by atoms with Crippen molar-refractivity contribution in [3.8, 4) is 5.75 Å².